The highest BCUT2D eigenvalue weighted by atomic mass is 16.4. The van der Waals surface area contributed by atoms with Crippen LogP contribution < -0.4 is 11.1 Å². The van der Waals surface area contributed by atoms with Crippen molar-refractivity contribution in [2.75, 3.05) is 5.32 Å². The van der Waals surface area contributed by atoms with Gasteiger partial charge in [-0.2, -0.15) is 5.10 Å². The highest BCUT2D eigenvalue weighted by Gasteiger charge is 2.17. The molecular formula is C13H11N5O3. The number of para-hydroxylation sites is 1. The lowest BCUT2D eigenvalue weighted by molar-refractivity contribution is 0.102. The first kappa shape index (κ1) is 12.7. The van der Waals surface area contributed by atoms with Gasteiger partial charge >= 0.3 is 0 Å². The molecule has 106 valence electrons. The predicted octanol–water partition coefficient (Wildman–Crippen LogP) is 1.50. The van der Waals surface area contributed by atoms with E-state index in [2.05, 4.69) is 20.7 Å². The highest BCUT2D eigenvalue weighted by molar-refractivity contribution is 6.14. The van der Waals surface area contributed by atoms with E-state index < -0.39 is 5.91 Å². The smallest absolute Gasteiger partial charge is 0.260 e. The molecule has 8 nitrogen and oxygen atoms in total. The Labute approximate surface area is 118 Å². The van der Waals surface area contributed by atoms with Crippen molar-refractivity contribution >= 4 is 28.5 Å². The Bertz CT molecular complexity index is 833. The number of aromatic nitrogens is 2. The van der Waals surface area contributed by atoms with Crippen LogP contribution in [0, 0.1) is 0 Å². The summed E-state index contributed by atoms with van der Waals surface area (Å²) in [6, 6.07) is 7.18. The summed E-state index contributed by atoms with van der Waals surface area (Å²) in [5.41, 5.74) is 6.78. The maximum Gasteiger partial charge on any atom is 0.260 e. The van der Waals surface area contributed by atoms with E-state index in [4.69, 9.17) is 15.4 Å². The van der Waals surface area contributed by atoms with Crippen molar-refractivity contribution in [2.24, 2.45) is 10.9 Å². The average molecular weight is 285 g/mol. The number of aromatic amines is 1. The Kier molecular flexibility index (Phi) is 3.03. The fourth-order valence-electron chi connectivity index (χ4n) is 1.96. The lowest BCUT2D eigenvalue weighted by Crippen LogP contribution is -2.18. The number of nitrogens with zero attached hydrogens (tertiary/aromatic N) is 2. The first-order valence-corrected chi connectivity index (χ1v) is 5.99. The van der Waals surface area contributed by atoms with E-state index in [1.165, 1.54) is 12.5 Å². The summed E-state index contributed by atoms with van der Waals surface area (Å²) in [4.78, 5) is 12.3. The van der Waals surface area contributed by atoms with Gasteiger partial charge in [-0.05, 0) is 6.07 Å². The zero-order chi connectivity index (χ0) is 14.8. The second-order valence-corrected chi connectivity index (χ2v) is 4.24. The summed E-state index contributed by atoms with van der Waals surface area (Å²) in [6.07, 6.45) is 2.72. The molecule has 21 heavy (non-hydrogen) atoms. The normalized spacial score (nSPS) is 11.7. The van der Waals surface area contributed by atoms with E-state index in [1.807, 2.05) is 12.1 Å². The number of nitrogens with two attached hydrogens (primary N) is 1. The highest BCUT2D eigenvalue weighted by Crippen LogP contribution is 2.22. The van der Waals surface area contributed by atoms with Gasteiger partial charge in [-0.15, -0.1) is 0 Å². The van der Waals surface area contributed by atoms with E-state index >= 15 is 0 Å². The molecule has 1 amide bonds. The third-order valence-electron chi connectivity index (χ3n) is 2.99. The largest absolute Gasteiger partial charge is 0.463 e. The first-order chi connectivity index (χ1) is 10.2. The summed E-state index contributed by atoms with van der Waals surface area (Å²) in [7, 11) is 0. The molecular weight excluding hydrogens is 274 g/mol. The number of fused-ring (bicyclic) bond motifs is 1. The van der Waals surface area contributed by atoms with Gasteiger partial charge in [0.2, 0.25) is 0 Å². The number of anilines is 1. The molecule has 0 saturated carbocycles. The van der Waals surface area contributed by atoms with Gasteiger partial charge in [0.1, 0.15) is 17.7 Å². The van der Waals surface area contributed by atoms with Gasteiger partial charge in [-0.1, -0.05) is 23.4 Å². The van der Waals surface area contributed by atoms with Gasteiger partial charge in [0, 0.05) is 5.39 Å². The van der Waals surface area contributed by atoms with Gasteiger partial charge in [-0.25, -0.2) is 0 Å². The number of amidine groups is 1. The number of oxime groups is 1. The Morgan fingerprint density at radius 1 is 1.38 bits per heavy atom. The topological polar surface area (TPSA) is 130 Å². The molecule has 8 heteroatoms. The van der Waals surface area contributed by atoms with Crippen LogP contribution in [0.1, 0.15) is 15.9 Å². The van der Waals surface area contributed by atoms with Crippen molar-refractivity contribution in [3.05, 3.63) is 47.9 Å². The Morgan fingerprint density at radius 2 is 2.19 bits per heavy atom. The van der Waals surface area contributed by atoms with Crippen LogP contribution in [0.5, 0.6) is 0 Å². The molecule has 0 unspecified atom stereocenters. The average Bonchev–Trinajstić information content (AvgIpc) is 3.12. The van der Waals surface area contributed by atoms with Crippen molar-refractivity contribution < 1.29 is 14.4 Å². The standard InChI is InChI=1S/C13H11N5O3/c14-11(18-20)8-5-15-17-12(8)16-13(19)9-6-21-10-4-2-1-3-7(9)10/h1-6,20H,(H2,14,18)(H2,15,16,17,19). The van der Waals surface area contributed by atoms with Gasteiger partial charge < -0.3 is 20.7 Å². The zero-order valence-corrected chi connectivity index (χ0v) is 10.7. The minimum absolute atomic E-state index is 0.156. The quantitative estimate of drug-likeness (QED) is 0.251. The lowest BCUT2D eigenvalue weighted by Gasteiger charge is -2.03. The molecule has 0 fully saturated rings. The molecule has 3 rings (SSSR count). The molecule has 0 bridgehead atoms. The third kappa shape index (κ3) is 2.18. The molecule has 0 aliphatic carbocycles. The van der Waals surface area contributed by atoms with Gasteiger partial charge in [-0.3, -0.25) is 9.89 Å². The van der Waals surface area contributed by atoms with Crippen LogP contribution in [0.3, 0.4) is 0 Å². The van der Waals surface area contributed by atoms with Crippen molar-refractivity contribution in [3.8, 4) is 0 Å². The monoisotopic (exact) mass is 285 g/mol. The van der Waals surface area contributed by atoms with Gasteiger partial charge in [0.05, 0.1) is 17.3 Å². The Balaban J connectivity index is 1.92. The van der Waals surface area contributed by atoms with Crippen molar-refractivity contribution in [1.29, 1.82) is 0 Å². The second-order valence-electron chi connectivity index (χ2n) is 4.24. The molecule has 2 aromatic heterocycles. The number of hydrogen-bond acceptors (Lipinski definition) is 5. The molecule has 0 aliphatic rings. The summed E-state index contributed by atoms with van der Waals surface area (Å²) in [5, 5.41) is 21.2. The number of carbonyl (C=O) groups excluding carboxylic acids is 1. The molecule has 0 radical (unpaired) electrons. The zero-order valence-electron chi connectivity index (χ0n) is 10.7. The number of carbonyl (C=O) groups is 1. The molecule has 0 spiro atoms. The first-order valence-electron chi connectivity index (χ1n) is 5.99. The minimum Gasteiger partial charge on any atom is -0.463 e. The van der Waals surface area contributed by atoms with Crippen molar-refractivity contribution in [2.45, 2.75) is 0 Å². The SMILES string of the molecule is NC(=NO)c1cn[nH]c1NC(=O)c1coc2ccccc12. The van der Waals surface area contributed by atoms with Crippen LogP contribution >= 0.6 is 0 Å². The van der Waals surface area contributed by atoms with Crippen LogP contribution in [-0.4, -0.2) is 27.1 Å². The molecule has 1 aromatic carbocycles. The number of H-pyrrole nitrogens is 1. The number of nitrogens with one attached hydrogen (secondary N) is 2. The maximum absolute atomic E-state index is 12.3. The maximum atomic E-state index is 12.3. The summed E-state index contributed by atoms with van der Waals surface area (Å²) in [5.74, 6) is -0.312. The Morgan fingerprint density at radius 3 is 3.00 bits per heavy atom. The number of rotatable bonds is 3. The second kappa shape index (κ2) is 5.00. The molecule has 0 atom stereocenters. The van der Waals surface area contributed by atoms with Crippen LogP contribution in [0.25, 0.3) is 11.0 Å². The van der Waals surface area contributed by atoms with E-state index in [0.717, 1.165) is 0 Å². The molecule has 2 heterocycles. The number of furan rings is 1. The van der Waals surface area contributed by atoms with Crippen LogP contribution in [0.2, 0.25) is 0 Å². The summed E-state index contributed by atoms with van der Waals surface area (Å²) >= 11 is 0. The van der Waals surface area contributed by atoms with Gasteiger partial charge in [0.25, 0.3) is 5.91 Å². The summed E-state index contributed by atoms with van der Waals surface area (Å²) < 4.78 is 5.31. The van der Waals surface area contributed by atoms with E-state index in [0.29, 0.717) is 22.1 Å². The predicted molar refractivity (Wildman–Crippen MR) is 75.3 cm³/mol. The number of benzene rings is 1. The van der Waals surface area contributed by atoms with Crippen LogP contribution in [0.15, 0.2) is 46.3 Å². The van der Waals surface area contributed by atoms with Gasteiger partial charge in [0.15, 0.2) is 5.84 Å². The minimum atomic E-state index is -0.392. The number of amides is 1. The van der Waals surface area contributed by atoms with Crippen molar-refractivity contribution in [3.63, 3.8) is 0 Å². The van der Waals surface area contributed by atoms with E-state index in [9.17, 15) is 4.79 Å². The lowest BCUT2D eigenvalue weighted by atomic mass is 10.1. The fraction of sp³-hybridized carbons (Fsp3) is 0. The third-order valence-corrected chi connectivity index (χ3v) is 2.99. The van der Waals surface area contributed by atoms with Crippen LogP contribution in [0.4, 0.5) is 5.82 Å². The Hall–Kier alpha value is -3.29. The van der Waals surface area contributed by atoms with E-state index in [1.54, 1.807) is 12.1 Å². The molecule has 0 aliphatic heterocycles. The molecule has 3 aromatic rings. The van der Waals surface area contributed by atoms with Crippen molar-refractivity contribution in [1.82, 2.24) is 10.2 Å². The summed E-state index contributed by atoms with van der Waals surface area (Å²) in [6.45, 7) is 0. The fourth-order valence-corrected chi connectivity index (χ4v) is 1.96. The molecule has 5 N–H and O–H groups in total. The van der Waals surface area contributed by atoms with Crippen LogP contribution in [-0.2, 0) is 0 Å². The van der Waals surface area contributed by atoms with E-state index in [-0.39, 0.29) is 11.7 Å². The molecule has 0 saturated heterocycles. The number of hydrogen-bond donors (Lipinski definition) is 4.